The summed E-state index contributed by atoms with van der Waals surface area (Å²) in [4.78, 5) is 18.7. The lowest BCUT2D eigenvalue weighted by molar-refractivity contribution is -0.140. The summed E-state index contributed by atoms with van der Waals surface area (Å²) in [7, 11) is 3.38. The minimum Gasteiger partial charge on any atom is -0.338 e. The van der Waals surface area contributed by atoms with Crippen LogP contribution in [0.25, 0.3) is 0 Å². The van der Waals surface area contributed by atoms with Crippen LogP contribution >= 0.6 is 11.3 Å². The summed E-state index contributed by atoms with van der Waals surface area (Å²) in [6, 6.07) is 0.226. The number of nitrogens with zero attached hydrogens (tertiary/aromatic N) is 3. The van der Waals surface area contributed by atoms with E-state index in [2.05, 4.69) is 4.98 Å². The smallest absolute Gasteiger partial charge is 0.338 e. The van der Waals surface area contributed by atoms with Gasteiger partial charge in [-0.3, -0.25) is 9.69 Å². The van der Waals surface area contributed by atoms with Gasteiger partial charge in [0, 0.05) is 18.5 Å². The Labute approximate surface area is 120 Å². The van der Waals surface area contributed by atoms with Gasteiger partial charge in [-0.15, -0.1) is 11.3 Å². The first-order valence-corrected chi connectivity index (χ1v) is 6.95. The maximum absolute atomic E-state index is 12.4. The third-order valence-corrected chi connectivity index (χ3v) is 3.74. The Bertz CT molecular complexity index is 459. The lowest BCUT2D eigenvalue weighted by atomic mass is 10.3. The summed E-state index contributed by atoms with van der Waals surface area (Å²) in [5.74, 6) is -0.148. The number of hydrogen-bond donors (Lipinski definition) is 0. The van der Waals surface area contributed by atoms with E-state index >= 15 is 0 Å². The second-order valence-electron chi connectivity index (χ2n) is 4.88. The van der Waals surface area contributed by atoms with Crippen molar-refractivity contribution in [2.24, 2.45) is 0 Å². The summed E-state index contributed by atoms with van der Waals surface area (Å²) in [6.45, 7) is 4.24. The summed E-state index contributed by atoms with van der Waals surface area (Å²) >= 11 is 0.909. The molecule has 4 nitrogen and oxygen atoms in total. The van der Waals surface area contributed by atoms with E-state index in [-0.39, 0.29) is 30.0 Å². The normalized spacial score (nSPS) is 12.2. The Morgan fingerprint density at radius 2 is 2.00 bits per heavy atom. The molecule has 114 valence electrons. The first-order chi connectivity index (χ1) is 9.11. The van der Waals surface area contributed by atoms with Crippen LogP contribution in [0.4, 0.5) is 13.2 Å². The van der Waals surface area contributed by atoms with E-state index in [0.29, 0.717) is 0 Å². The molecule has 0 aliphatic carbocycles. The number of alkyl halides is 3. The van der Waals surface area contributed by atoms with Crippen LogP contribution in [0.2, 0.25) is 0 Å². The van der Waals surface area contributed by atoms with Gasteiger partial charge in [0.1, 0.15) is 5.01 Å². The van der Waals surface area contributed by atoms with E-state index in [1.165, 1.54) is 4.90 Å². The molecule has 0 atom stereocenters. The predicted octanol–water partition coefficient (Wildman–Crippen LogP) is 2.46. The molecule has 0 aliphatic heterocycles. The van der Waals surface area contributed by atoms with Crippen molar-refractivity contribution in [1.82, 2.24) is 14.8 Å². The largest absolute Gasteiger partial charge is 0.434 e. The van der Waals surface area contributed by atoms with E-state index < -0.39 is 11.9 Å². The van der Waals surface area contributed by atoms with Gasteiger partial charge in [-0.05, 0) is 20.9 Å². The fourth-order valence-electron chi connectivity index (χ4n) is 1.32. The first-order valence-electron chi connectivity index (χ1n) is 6.07. The van der Waals surface area contributed by atoms with Crippen LogP contribution in [0, 0.1) is 0 Å². The maximum Gasteiger partial charge on any atom is 0.434 e. The highest BCUT2D eigenvalue weighted by atomic mass is 32.1. The molecule has 1 rings (SSSR count). The highest BCUT2D eigenvalue weighted by molar-refractivity contribution is 7.09. The second kappa shape index (κ2) is 6.53. The number of thiazole rings is 1. The minimum atomic E-state index is -4.44. The summed E-state index contributed by atoms with van der Waals surface area (Å²) in [5, 5.41) is 1.24. The molecule has 1 aromatic rings. The molecule has 20 heavy (non-hydrogen) atoms. The number of hydrogen-bond acceptors (Lipinski definition) is 4. The van der Waals surface area contributed by atoms with Crippen LogP contribution in [0.1, 0.15) is 24.5 Å². The average Bonchev–Trinajstić information content (AvgIpc) is 2.76. The van der Waals surface area contributed by atoms with Crippen molar-refractivity contribution < 1.29 is 18.0 Å². The molecule has 0 bridgehead atoms. The first kappa shape index (κ1) is 16.9. The van der Waals surface area contributed by atoms with Crippen molar-refractivity contribution in [1.29, 1.82) is 0 Å². The molecule has 0 N–H and O–H groups in total. The zero-order valence-electron chi connectivity index (χ0n) is 11.9. The Morgan fingerprint density at radius 3 is 2.45 bits per heavy atom. The van der Waals surface area contributed by atoms with E-state index in [1.807, 2.05) is 25.8 Å². The molecule has 1 amide bonds. The molecule has 0 saturated heterocycles. The molecule has 8 heteroatoms. The molecule has 0 fully saturated rings. The molecule has 0 saturated carbocycles. The lowest BCUT2D eigenvalue weighted by Crippen LogP contribution is -2.39. The minimum absolute atomic E-state index is 0.0888. The Hall–Kier alpha value is -1.15. The predicted molar refractivity (Wildman–Crippen MR) is 71.4 cm³/mol. The molecule has 0 radical (unpaired) electrons. The Morgan fingerprint density at radius 1 is 1.40 bits per heavy atom. The molecule has 0 aromatic carbocycles. The highest BCUT2D eigenvalue weighted by Crippen LogP contribution is 2.30. The van der Waals surface area contributed by atoms with Crippen molar-refractivity contribution in [3.63, 3.8) is 0 Å². The molecule has 0 unspecified atom stereocenters. The van der Waals surface area contributed by atoms with Gasteiger partial charge in [0.05, 0.1) is 13.1 Å². The second-order valence-corrected chi connectivity index (χ2v) is 5.83. The van der Waals surface area contributed by atoms with Gasteiger partial charge < -0.3 is 4.90 Å². The topological polar surface area (TPSA) is 36.4 Å². The molecular formula is C12H18F3N3OS. The van der Waals surface area contributed by atoms with E-state index in [0.717, 1.165) is 16.7 Å². The zero-order valence-corrected chi connectivity index (χ0v) is 12.7. The Kier molecular flexibility index (Phi) is 5.52. The van der Waals surface area contributed by atoms with Crippen molar-refractivity contribution in [3.05, 3.63) is 16.1 Å². The fourth-order valence-corrected chi connectivity index (χ4v) is 2.17. The third-order valence-electron chi connectivity index (χ3n) is 2.91. The quantitative estimate of drug-likeness (QED) is 0.838. The average molecular weight is 309 g/mol. The number of halogens is 3. The van der Waals surface area contributed by atoms with Crippen molar-refractivity contribution in [2.75, 3.05) is 20.6 Å². The SMILES string of the molecule is CC(C)N(C)CC(=O)N(C)Cc1nc(C(F)(F)F)cs1. The summed E-state index contributed by atoms with van der Waals surface area (Å²) < 4.78 is 37.2. The van der Waals surface area contributed by atoms with Gasteiger partial charge in [-0.1, -0.05) is 0 Å². The standard InChI is InChI=1S/C12H18F3N3OS/c1-8(2)17(3)6-11(19)18(4)5-10-16-9(7-20-10)12(13,14)15/h7-8H,5-6H2,1-4H3. The van der Waals surface area contributed by atoms with Crippen LogP contribution in [-0.4, -0.2) is 47.4 Å². The van der Waals surface area contributed by atoms with Gasteiger partial charge in [0.15, 0.2) is 5.69 Å². The van der Waals surface area contributed by atoms with Gasteiger partial charge in [0.2, 0.25) is 5.91 Å². The van der Waals surface area contributed by atoms with Crippen LogP contribution in [0.3, 0.4) is 0 Å². The molecule has 0 spiro atoms. The zero-order chi connectivity index (χ0) is 15.5. The van der Waals surface area contributed by atoms with Crippen LogP contribution in [-0.2, 0) is 17.5 Å². The number of aromatic nitrogens is 1. The molecule has 1 aromatic heterocycles. The number of likely N-dealkylation sites (N-methyl/N-ethyl adjacent to an activating group) is 2. The van der Waals surface area contributed by atoms with Gasteiger partial charge in [-0.25, -0.2) is 4.98 Å². The Balaban J connectivity index is 2.60. The fraction of sp³-hybridized carbons (Fsp3) is 0.667. The van der Waals surface area contributed by atoms with Crippen LogP contribution in [0.5, 0.6) is 0 Å². The van der Waals surface area contributed by atoms with E-state index in [1.54, 1.807) is 7.05 Å². The van der Waals surface area contributed by atoms with Gasteiger partial charge >= 0.3 is 6.18 Å². The van der Waals surface area contributed by atoms with Gasteiger partial charge in [-0.2, -0.15) is 13.2 Å². The van der Waals surface area contributed by atoms with Crippen molar-refractivity contribution in [2.45, 2.75) is 32.6 Å². The summed E-state index contributed by atoms with van der Waals surface area (Å²) in [5.41, 5.74) is -0.905. The van der Waals surface area contributed by atoms with E-state index in [4.69, 9.17) is 0 Å². The molecule has 1 heterocycles. The molecular weight excluding hydrogens is 291 g/mol. The van der Waals surface area contributed by atoms with Crippen molar-refractivity contribution in [3.8, 4) is 0 Å². The maximum atomic E-state index is 12.4. The molecule has 0 aliphatic rings. The highest BCUT2D eigenvalue weighted by Gasteiger charge is 2.33. The van der Waals surface area contributed by atoms with Crippen LogP contribution in [0.15, 0.2) is 5.38 Å². The van der Waals surface area contributed by atoms with Crippen molar-refractivity contribution >= 4 is 17.2 Å². The van der Waals surface area contributed by atoms with Crippen LogP contribution < -0.4 is 0 Å². The number of carbonyl (C=O) groups is 1. The number of carbonyl (C=O) groups excluding carboxylic acids is 1. The van der Waals surface area contributed by atoms with E-state index in [9.17, 15) is 18.0 Å². The summed E-state index contributed by atoms with van der Waals surface area (Å²) in [6.07, 6.45) is -4.44. The third kappa shape index (κ3) is 4.75. The monoisotopic (exact) mass is 309 g/mol. The van der Waals surface area contributed by atoms with Gasteiger partial charge in [0.25, 0.3) is 0 Å². The number of rotatable bonds is 5. The lowest BCUT2D eigenvalue weighted by Gasteiger charge is -2.23. The number of amides is 1.